The van der Waals surface area contributed by atoms with Crippen molar-refractivity contribution >= 4 is 49.3 Å². The molecule has 0 radical (unpaired) electrons. The van der Waals surface area contributed by atoms with Crippen LogP contribution in [0.4, 0.5) is 0 Å². The molecule has 0 atom stereocenters. The standard InChI is InChI=1S/C24H23N2O6PS2/c1-15-13-17-9-5-7-11-19(17)21-22-20-12-8-6-10-18(20)14-16(2)24(22)32-33(31-23(15)21,25-34(3,27)28)26-35(4,29)30/h5-14,25H,1-4H3. The first kappa shape index (κ1) is 23.8. The van der Waals surface area contributed by atoms with Gasteiger partial charge in [0.2, 0.25) is 10.0 Å². The highest BCUT2D eigenvalue weighted by atomic mass is 32.2. The molecule has 8 nitrogen and oxygen atoms in total. The minimum Gasteiger partial charge on any atom is -0.417 e. The molecule has 182 valence electrons. The molecular formula is C24H23N2O6PS2. The lowest BCUT2D eigenvalue weighted by Crippen LogP contribution is -2.25. The monoisotopic (exact) mass is 530 g/mol. The van der Waals surface area contributed by atoms with E-state index < -0.39 is 27.7 Å². The van der Waals surface area contributed by atoms with E-state index in [0.29, 0.717) is 33.8 Å². The Labute approximate surface area is 204 Å². The summed E-state index contributed by atoms with van der Waals surface area (Å²) in [4.78, 5) is 0. The quantitative estimate of drug-likeness (QED) is 0.350. The molecule has 0 saturated heterocycles. The largest absolute Gasteiger partial charge is 0.423 e. The topological polar surface area (TPSA) is 111 Å². The fourth-order valence-corrected chi connectivity index (χ4v) is 9.67. The first-order chi connectivity index (χ1) is 16.4. The maximum absolute atomic E-state index is 12.4. The summed E-state index contributed by atoms with van der Waals surface area (Å²) in [6.45, 7) is 3.65. The van der Waals surface area contributed by atoms with Gasteiger partial charge in [0.1, 0.15) is 11.5 Å². The molecule has 1 aliphatic rings. The summed E-state index contributed by atoms with van der Waals surface area (Å²) >= 11 is 0. The number of aryl methyl sites for hydroxylation is 2. The Hall–Kier alpha value is -2.91. The van der Waals surface area contributed by atoms with E-state index >= 15 is 0 Å². The molecule has 1 heterocycles. The first-order valence-electron chi connectivity index (χ1n) is 10.6. The molecule has 4 aromatic rings. The van der Waals surface area contributed by atoms with Crippen LogP contribution in [0, 0.1) is 13.8 Å². The molecule has 0 saturated carbocycles. The molecule has 4 aromatic carbocycles. The van der Waals surface area contributed by atoms with Crippen LogP contribution in [-0.4, -0.2) is 29.3 Å². The summed E-state index contributed by atoms with van der Waals surface area (Å²) in [6, 6.07) is 19.3. The van der Waals surface area contributed by atoms with Crippen LogP contribution in [0.25, 0.3) is 32.7 Å². The normalized spacial score (nSPS) is 15.0. The number of rotatable bonds is 3. The number of sulfonamides is 2. The predicted octanol–water partition coefficient (Wildman–Crippen LogP) is 5.50. The van der Waals surface area contributed by atoms with Gasteiger partial charge in [0, 0.05) is 11.1 Å². The Morgan fingerprint density at radius 3 is 1.57 bits per heavy atom. The van der Waals surface area contributed by atoms with Gasteiger partial charge in [-0.2, -0.15) is 0 Å². The van der Waals surface area contributed by atoms with Crippen LogP contribution in [0.3, 0.4) is 0 Å². The second-order valence-electron chi connectivity index (χ2n) is 8.62. The summed E-state index contributed by atoms with van der Waals surface area (Å²) in [5.41, 5.74) is 2.75. The van der Waals surface area contributed by atoms with Gasteiger partial charge in [-0.05, 0) is 58.7 Å². The summed E-state index contributed by atoms with van der Waals surface area (Å²) in [6.07, 6.45) is 1.78. The molecule has 0 fully saturated rings. The van der Waals surface area contributed by atoms with Gasteiger partial charge in [0.05, 0.1) is 12.5 Å². The van der Waals surface area contributed by atoms with Crippen molar-refractivity contribution in [3.05, 3.63) is 71.8 Å². The van der Waals surface area contributed by atoms with Gasteiger partial charge in [0.15, 0.2) is 0 Å². The zero-order valence-corrected chi connectivity index (χ0v) is 22.0. The second-order valence-corrected chi connectivity index (χ2v) is 14.4. The molecule has 35 heavy (non-hydrogen) atoms. The zero-order valence-electron chi connectivity index (χ0n) is 19.4. The highest BCUT2D eigenvalue weighted by molar-refractivity contribution is 7.97. The average molecular weight is 531 g/mol. The fourth-order valence-electron chi connectivity index (χ4n) is 4.43. The van der Waals surface area contributed by atoms with Crippen molar-refractivity contribution in [1.82, 2.24) is 4.49 Å². The maximum atomic E-state index is 12.4. The molecule has 0 amide bonds. The van der Waals surface area contributed by atoms with E-state index in [-0.39, 0.29) is 0 Å². The van der Waals surface area contributed by atoms with Crippen LogP contribution in [0.15, 0.2) is 64.8 Å². The van der Waals surface area contributed by atoms with Crippen molar-refractivity contribution in [2.45, 2.75) is 13.8 Å². The van der Waals surface area contributed by atoms with Gasteiger partial charge in [-0.15, -0.1) is 4.49 Å². The lowest BCUT2D eigenvalue weighted by Gasteiger charge is -2.24. The van der Waals surface area contributed by atoms with Gasteiger partial charge < -0.3 is 9.05 Å². The predicted molar refractivity (Wildman–Crippen MR) is 140 cm³/mol. The second kappa shape index (κ2) is 8.06. The SMILES string of the molecule is Cc1cc2ccccc2c2c1OP(=NS(C)(=O)=O)(NS(C)(=O)=O)Oc1c(C)cc3ccccc3c1-2. The lowest BCUT2D eigenvalue weighted by atomic mass is 9.89. The van der Waals surface area contributed by atoms with E-state index in [1.807, 2.05) is 74.5 Å². The van der Waals surface area contributed by atoms with Crippen molar-refractivity contribution in [3.8, 4) is 22.6 Å². The maximum Gasteiger partial charge on any atom is 0.423 e. The zero-order chi connectivity index (χ0) is 25.2. The van der Waals surface area contributed by atoms with Crippen LogP contribution in [0.1, 0.15) is 11.1 Å². The molecular weight excluding hydrogens is 507 g/mol. The summed E-state index contributed by atoms with van der Waals surface area (Å²) < 4.78 is 68.3. The third-order valence-electron chi connectivity index (χ3n) is 5.59. The van der Waals surface area contributed by atoms with Crippen molar-refractivity contribution in [2.24, 2.45) is 4.15 Å². The number of nitrogens with one attached hydrogen (secondary N) is 1. The highest BCUT2D eigenvalue weighted by Gasteiger charge is 2.39. The molecule has 5 rings (SSSR count). The van der Waals surface area contributed by atoms with Crippen LogP contribution in [0.5, 0.6) is 11.5 Å². The van der Waals surface area contributed by atoms with Crippen LogP contribution >= 0.6 is 7.66 Å². The smallest absolute Gasteiger partial charge is 0.417 e. The molecule has 0 bridgehead atoms. The summed E-state index contributed by atoms with van der Waals surface area (Å²) in [7, 11) is -12.2. The Bertz CT molecular complexity index is 1720. The van der Waals surface area contributed by atoms with Crippen LogP contribution < -0.4 is 13.5 Å². The van der Waals surface area contributed by atoms with Crippen LogP contribution in [-0.2, 0) is 20.0 Å². The number of hydrogen-bond acceptors (Lipinski definition) is 6. The third-order valence-corrected chi connectivity index (χ3v) is 10.7. The minimum atomic E-state index is -4.15. The Balaban J connectivity index is 2.05. The van der Waals surface area contributed by atoms with Gasteiger partial charge in [-0.25, -0.2) is 16.8 Å². The van der Waals surface area contributed by atoms with E-state index in [4.69, 9.17) is 9.05 Å². The van der Waals surface area contributed by atoms with E-state index in [9.17, 15) is 16.8 Å². The number of hydrogen-bond donors (Lipinski definition) is 1. The van der Waals surface area contributed by atoms with Gasteiger partial charge in [0.25, 0.3) is 10.0 Å². The van der Waals surface area contributed by atoms with Gasteiger partial charge in [-0.3, -0.25) is 0 Å². The van der Waals surface area contributed by atoms with Crippen molar-refractivity contribution in [2.75, 3.05) is 12.5 Å². The molecule has 0 spiro atoms. The molecule has 1 aliphatic heterocycles. The summed E-state index contributed by atoms with van der Waals surface area (Å²) in [5, 5.41) is 3.61. The molecule has 0 aromatic heterocycles. The lowest BCUT2D eigenvalue weighted by molar-refractivity contribution is 0.474. The number of nitrogens with zero attached hydrogens (tertiary/aromatic N) is 1. The third kappa shape index (κ3) is 4.43. The highest BCUT2D eigenvalue weighted by Crippen LogP contribution is 2.60. The van der Waals surface area contributed by atoms with Gasteiger partial charge in [-0.1, -0.05) is 52.7 Å². The van der Waals surface area contributed by atoms with E-state index in [1.54, 1.807) is 0 Å². The molecule has 1 N–H and O–H groups in total. The number of benzene rings is 4. The molecule has 0 aliphatic carbocycles. The van der Waals surface area contributed by atoms with Crippen molar-refractivity contribution < 1.29 is 25.9 Å². The first-order valence-corrected chi connectivity index (χ1v) is 15.9. The summed E-state index contributed by atoms with van der Waals surface area (Å²) in [5.74, 6) is 0.630. The minimum absolute atomic E-state index is 0.315. The van der Waals surface area contributed by atoms with Crippen LogP contribution in [0.2, 0.25) is 0 Å². The Morgan fingerprint density at radius 2 is 1.17 bits per heavy atom. The van der Waals surface area contributed by atoms with E-state index in [1.165, 1.54) is 0 Å². The van der Waals surface area contributed by atoms with E-state index in [2.05, 4.69) is 8.64 Å². The van der Waals surface area contributed by atoms with Gasteiger partial charge >= 0.3 is 7.66 Å². The Morgan fingerprint density at radius 1 is 0.743 bits per heavy atom. The van der Waals surface area contributed by atoms with Crippen molar-refractivity contribution in [1.29, 1.82) is 0 Å². The molecule has 0 unspecified atom stereocenters. The molecule has 11 heteroatoms. The van der Waals surface area contributed by atoms with Crippen molar-refractivity contribution in [3.63, 3.8) is 0 Å². The number of fused-ring (bicyclic) bond motifs is 7. The van der Waals surface area contributed by atoms with E-state index in [0.717, 1.165) is 34.1 Å². The fraction of sp³-hybridized carbons (Fsp3) is 0.167. The Kier molecular flexibility index (Phi) is 5.49. The average Bonchev–Trinajstić information content (AvgIpc) is 2.87.